The van der Waals surface area contributed by atoms with Crippen LogP contribution in [0.1, 0.15) is 15.9 Å². The highest BCUT2D eigenvalue weighted by Gasteiger charge is 2.16. The van der Waals surface area contributed by atoms with Crippen molar-refractivity contribution in [3.63, 3.8) is 0 Å². The number of nitrogens with one attached hydrogen (secondary N) is 1. The van der Waals surface area contributed by atoms with Crippen LogP contribution in [0.4, 0.5) is 4.39 Å². The molecule has 138 valence electrons. The Balaban J connectivity index is 2.04. The summed E-state index contributed by atoms with van der Waals surface area (Å²) in [4.78, 5) is 24.5. The van der Waals surface area contributed by atoms with Crippen LogP contribution in [0.15, 0.2) is 42.5 Å². The Morgan fingerprint density at radius 2 is 1.81 bits per heavy atom. The molecule has 0 saturated carbocycles. The molecule has 26 heavy (non-hydrogen) atoms. The van der Waals surface area contributed by atoms with Gasteiger partial charge in [-0.1, -0.05) is 12.1 Å². The van der Waals surface area contributed by atoms with Gasteiger partial charge in [-0.25, -0.2) is 9.87 Å². The molecule has 2 aromatic carbocycles. The number of halogens is 1. The fraction of sp³-hybridized carbons (Fsp3) is 0.222. The van der Waals surface area contributed by atoms with E-state index in [1.807, 2.05) is 0 Å². The summed E-state index contributed by atoms with van der Waals surface area (Å²) >= 11 is 0. The van der Waals surface area contributed by atoms with Crippen LogP contribution in [0.3, 0.4) is 0 Å². The smallest absolute Gasteiger partial charge is 0.277 e. The number of hydroxylamine groups is 1. The first-order valence-corrected chi connectivity index (χ1v) is 7.79. The van der Waals surface area contributed by atoms with Gasteiger partial charge in [0, 0.05) is 20.2 Å². The van der Waals surface area contributed by atoms with Crippen LogP contribution in [-0.4, -0.2) is 42.1 Å². The number of ether oxygens (including phenoxy) is 1. The van der Waals surface area contributed by atoms with E-state index in [2.05, 4.69) is 0 Å². The first kappa shape index (κ1) is 19.4. The summed E-state index contributed by atoms with van der Waals surface area (Å²) in [6.07, 6.45) is 0.386. The number of benzene rings is 2. The van der Waals surface area contributed by atoms with E-state index in [4.69, 9.17) is 15.7 Å². The van der Waals surface area contributed by atoms with Gasteiger partial charge in [0.15, 0.2) is 0 Å². The molecular formula is C18H20FN3O4. The lowest BCUT2D eigenvalue weighted by molar-refractivity contribution is -0.130. The van der Waals surface area contributed by atoms with Crippen molar-refractivity contribution in [3.05, 3.63) is 59.4 Å². The van der Waals surface area contributed by atoms with Gasteiger partial charge in [0.25, 0.3) is 5.91 Å². The van der Waals surface area contributed by atoms with Gasteiger partial charge in [0.2, 0.25) is 5.91 Å². The Bertz CT molecular complexity index is 794. The number of nitrogens with zero attached hydrogens (tertiary/aromatic N) is 1. The zero-order chi connectivity index (χ0) is 19.3. The maximum absolute atomic E-state index is 13.8. The average Bonchev–Trinajstić information content (AvgIpc) is 2.62. The lowest BCUT2D eigenvalue weighted by atomic mass is 10.1. The minimum absolute atomic E-state index is 0.159. The van der Waals surface area contributed by atoms with Gasteiger partial charge in [0.1, 0.15) is 17.3 Å². The second-order valence-electron chi connectivity index (χ2n) is 5.87. The summed E-state index contributed by atoms with van der Waals surface area (Å²) in [5.74, 6) is -1.27. The molecule has 2 aromatic rings. The highest BCUT2D eigenvalue weighted by atomic mass is 19.1. The van der Waals surface area contributed by atoms with Crippen molar-refractivity contribution in [2.24, 2.45) is 5.73 Å². The van der Waals surface area contributed by atoms with E-state index in [0.717, 1.165) is 11.6 Å². The van der Waals surface area contributed by atoms with E-state index in [-0.39, 0.29) is 17.2 Å². The predicted octanol–water partition coefficient (Wildman–Crippen LogP) is 1.69. The predicted molar refractivity (Wildman–Crippen MR) is 92.5 cm³/mol. The minimum atomic E-state index is -0.943. The topological polar surface area (TPSA) is 105 Å². The first-order chi connectivity index (χ1) is 12.3. The van der Waals surface area contributed by atoms with Crippen LogP contribution < -0.4 is 16.0 Å². The largest absolute Gasteiger partial charge is 0.457 e. The Kier molecular flexibility index (Phi) is 6.26. The van der Waals surface area contributed by atoms with Crippen molar-refractivity contribution >= 4 is 11.8 Å². The molecule has 0 fully saturated rings. The van der Waals surface area contributed by atoms with E-state index >= 15 is 0 Å². The van der Waals surface area contributed by atoms with E-state index in [0.29, 0.717) is 12.2 Å². The second kappa shape index (κ2) is 8.41. The maximum atomic E-state index is 13.8. The third-order valence-electron chi connectivity index (χ3n) is 3.66. The number of hydrogen-bond acceptors (Lipinski definition) is 5. The molecule has 8 heteroatoms. The van der Waals surface area contributed by atoms with Crippen molar-refractivity contribution < 1.29 is 23.9 Å². The van der Waals surface area contributed by atoms with Crippen LogP contribution in [0.25, 0.3) is 0 Å². The lowest BCUT2D eigenvalue weighted by Crippen LogP contribution is -2.41. The Labute approximate surface area is 150 Å². The molecule has 0 radical (unpaired) electrons. The van der Waals surface area contributed by atoms with Crippen LogP contribution in [-0.2, 0) is 11.2 Å². The van der Waals surface area contributed by atoms with E-state index in [1.165, 1.54) is 22.5 Å². The number of hydrogen-bond donors (Lipinski definition) is 3. The molecule has 0 aliphatic heterocycles. The molecule has 0 saturated heterocycles. The molecule has 0 heterocycles. The van der Waals surface area contributed by atoms with Gasteiger partial charge in [-0.05, 0) is 36.2 Å². The SMILES string of the molecule is CN(C)C(=O)C(N)Cc1ccc(Oc2ccc(C(=O)NO)c(F)c2)cc1. The Morgan fingerprint density at radius 3 is 2.35 bits per heavy atom. The van der Waals surface area contributed by atoms with Crippen molar-refractivity contribution in [1.29, 1.82) is 0 Å². The van der Waals surface area contributed by atoms with Gasteiger partial charge >= 0.3 is 0 Å². The highest BCUT2D eigenvalue weighted by molar-refractivity contribution is 5.93. The Hall–Kier alpha value is -2.97. The number of amides is 2. The quantitative estimate of drug-likeness (QED) is 0.536. The molecule has 0 aromatic heterocycles. The van der Waals surface area contributed by atoms with Gasteiger partial charge in [0.05, 0.1) is 11.6 Å². The fourth-order valence-electron chi connectivity index (χ4n) is 2.31. The van der Waals surface area contributed by atoms with Gasteiger partial charge in [-0.2, -0.15) is 0 Å². The minimum Gasteiger partial charge on any atom is -0.457 e. The summed E-state index contributed by atoms with van der Waals surface area (Å²) in [6, 6.07) is 9.91. The van der Waals surface area contributed by atoms with Crippen LogP contribution >= 0.6 is 0 Å². The zero-order valence-corrected chi connectivity index (χ0v) is 14.4. The second-order valence-corrected chi connectivity index (χ2v) is 5.87. The van der Waals surface area contributed by atoms with E-state index in [1.54, 1.807) is 38.4 Å². The molecule has 2 amide bonds. The molecule has 1 atom stereocenters. The molecule has 0 spiro atoms. The standard InChI is InChI=1S/C18H20FN3O4/c1-22(2)18(24)16(20)9-11-3-5-12(6-4-11)26-13-7-8-14(15(19)10-13)17(23)21-25/h3-8,10,16,25H,9,20H2,1-2H3,(H,21,23). The fourth-order valence-corrected chi connectivity index (χ4v) is 2.31. The number of nitrogens with two attached hydrogens (primary N) is 1. The van der Waals surface area contributed by atoms with Gasteiger partial charge in [-0.3, -0.25) is 14.8 Å². The molecule has 0 aliphatic rings. The van der Waals surface area contributed by atoms with E-state index in [9.17, 15) is 14.0 Å². The van der Waals surface area contributed by atoms with Gasteiger partial charge < -0.3 is 15.4 Å². The van der Waals surface area contributed by atoms with Crippen molar-refractivity contribution in [3.8, 4) is 11.5 Å². The van der Waals surface area contributed by atoms with E-state index < -0.39 is 17.8 Å². The van der Waals surface area contributed by atoms with Crippen molar-refractivity contribution in [1.82, 2.24) is 10.4 Å². The zero-order valence-electron chi connectivity index (χ0n) is 14.4. The lowest BCUT2D eigenvalue weighted by Gasteiger charge is -2.16. The number of rotatable bonds is 6. The molecule has 1 unspecified atom stereocenters. The van der Waals surface area contributed by atoms with Crippen LogP contribution in [0.5, 0.6) is 11.5 Å². The maximum Gasteiger partial charge on any atom is 0.277 e. The van der Waals surface area contributed by atoms with Crippen molar-refractivity contribution in [2.75, 3.05) is 14.1 Å². The average molecular weight is 361 g/mol. The third-order valence-corrected chi connectivity index (χ3v) is 3.66. The molecular weight excluding hydrogens is 341 g/mol. The van der Waals surface area contributed by atoms with Crippen molar-refractivity contribution in [2.45, 2.75) is 12.5 Å². The first-order valence-electron chi connectivity index (χ1n) is 7.79. The number of carbonyl (C=O) groups is 2. The molecule has 4 N–H and O–H groups in total. The molecule has 7 nitrogen and oxygen atoms in total. The summed E-state index contributed by atoms with van der Waals surface area (Å²) < 4.78 is 19.4. The summed E-state index contributed by atoms with van der Waals surface area (Å²) in [6.45, 7) is 0. The summed E-state index contributed by atoms with van der Waals surface area (Å²) in [7, 11) is 3.29. The highest BCUT2D eigenvalue weighted by Crippen LogP contribution is 2.24. The normalized spacial score (nSPS) is 11.6. The summed E-state index contributed by atoms with van der Waals surface area (Å²) in [5, 5.41) is 8.54. The molecule has 2 rings (SSSR count). The third kappa shape index (κ3) is 4.78. The molecule has 0 bridgehead atoms. The number of likely N-dealkylation sites (N-methyl/N-ethyl adjacent to an activating group) is 1. The molecule has 0 aliphatic carbocycles. The van der Waals surface area contributed by atoms with Gasteiger partial charge in [-0.15, -0.1) is 0 Å². The number of carbonyl (C=O) groups excluding carboxylic acids is 2. The monoisotopic (exact) mass is 361 g/mol. The van der Waals surface area contributed by atoms with Crippen LogP contribution in [0.2, 0.25) is 0 Å². The summed E-state index contributed by atoms with van der Waals surface area (Å²) in [5.41, 5.74) is 7.80. The Morgan fingerprint density at radius 1 is 1.19 bits per heavy atom. The van der Waals surface area contributed by atoms with Crippen LogP contribution in [0, 0.1) is 5.82 Å².